The number of ether oxygens (including phenoxy) is 1. The molecule has 0 aromatic heterocycles. The normalized spacial score (nSPS) is 34.0. The molecule has 0 spiro atoms. The summed E-state index contributed by atoms with van der Waals surface area (Å²) in [5.41, 5.74) is -3.06. The highest BCUT2D eigenvalue weighted by atomic mass is 32.5. The van der Waals surface area contributed by atoms with Gasteiger partial charge in [0.2, 0.25) is 11.5 Å². The van der Waals surface area contributed by atoms with Gasteiger partial charge in [-0.15, -0.1) is 0 Å². The molecule has 0 bridgehead atoms. The second-order valence-electron chi connectivity index (χ2n) is 7.22. The van der Waals surface area contributed by atoms with Crippen LogP contribution in [0.5, 0.6) is 5.75 Å². The maximum Gasteiger partial charge on any atom is 0.381 e. The number of benzene rings is 1. The van der Waals surface area contributed by atoms with Crippen LogP contribution in [-0.4, -0.2) is 58.6 Å². The molecule has 3 heterocycles. The van der Waals surface area contributed by atoms with Crippen molar-refractivity contribution in [3.05, 3.63) is 42.1 Å². The minimum Gasteiger partial charge on any atom is -0.424 e. The fourth-order valence-electron chi connectivity index (χ4n) is 3.41. The predicted molar refractivity (Wildman–Crippen MR) is 102 cm³/mol. The SMILES string of the molecule is O=C1C=CN([C@@H]2O[C@@](COP3(=S)OCc4ccccc4O3)(C(F)F)C(F)(F)[C@H]2O)C(=O)C1. The van der Waals surface area contributed by atoms with E-state index in [9.17, 15) is 32.3 Å². The van der Waals surface area contributed by atoms with E-state index >= 15 is 0 Å². The van der Waals surface area contributed by atoms with Crippen molar-refractivity contribution < 1.29 is 50.6 Å². The Balaban J connectivity index is 1.59. The number of hydrogen-bond acceptors (Lipinski definition) is 8. The zero-order valence-electron chi connectivity index (χ0n) is 16.0. The molecule has 0 aliphatic carbocycles. The topological polar surface area (TPSA) is 94.5 Å². The summed E-state index contributed by atoms with van der Waals surface area (Å²) in [5, 5.41) is 10.1. The second-order valence-corrected chi connectivity index (χ2v) is 10.2. The smallest absolute Gasteiger partial charge is 0.381 e. The number of fused-ring (bicyclic) bond motifs is 1. The van der Waals surface area contributed by atoms with E-state index in [2.05, 4.69) is 0 Å². The molecule has 32 heavy (non-hydrogen) atoms. The van der Waals surface area contributed by atoms with Crippen molar-refractivity contribution in [1.29, 1.82) is 0 Å². The summed E-state index contributed by atoms with van der Waals surface area (Å²) >= 11 is 5.11. The molecule has 4 rings (SSSR count). The van der Waals surface area contributed by atoms with E-state index in [1.54, 1.807) is 18.2 Å². The number of hydrogen-bond donors (Lipinski definition) is 1. The van der Waals surface area contributed by atoms with E-state index in [-0.39, 0.29) is 12.4 Å². The molecular weight excluding hydrogens is 481 g/mol. The van der Waals surface area contributed by atoms with Gasteiger partial charge in [-0.3, -0.25) is 23.5 Å². The number of alkyl halides is 4. The van der Waals surface area contributed by atoms with E-state index in [1.807, 2.05) is 0 Å². The molecule has 174 valence electrons. The van der Waals surface area contributed by atoms with Crippen molar-refractivity contribution in [1.82, 2.24) is 4.90 Å². The first kappa shape index (κ1) is 23.3. The van der Waals surface area contributed by atoms with Crippen molar-refractivity contribution in [2.75, 3.05) is 6.61 Å². The summed E-state index contributed by atoms with van der Waals surface area (Å²) in [4.78, 5) is 23.8. The number of para-hydroxylation sites is 1. The molecule has 1 fully saturated rings. The molecule has 1 aromatic rings. The van der Waals surface area contributed by atoms with Crippen molar-refractivity contribution in [3.8, 4) is 5.75 Å². The van der Waals surface area contributed by atoms with E-state index in [0.717, 1.165) is 12.3 Å². The van der Waals surface area contributed by atoms with Gasteiger partial charge in [-0.1, -0.05) is 18.2 Å². The van der Waals surface area contributed by atoms with E-state index in [0.29, 0.717) is 10.5 Å². The lowest BCUT2D eigenvalue weighted by atomic mass is 9.95. The summed E-state index contributed by atoms with van der Waals surface area (Å²) < 4.78 is 78.8. The van der Waals surface area contributed by atoms with Gasteiger partial charge in [0.05, 0.1) is 19.6 Å². The molecule has 4 atom stereocenters. The molecule has 3 aliphatic heterocycles. The van der Waals surface area contributed by atoms with Crippen LogP contribution >= 0.6 is 6.72 Å². The van der Waals surface area contributed by atoms with Gasteiger partial charge in [0, 0.05) is 23.6 Å². The Bertz CT molecular complexity index is 1020. The molecule has 1 amide bonds. The molecule has 8 nitrogen and oxygen atoms in total. The molecule has 14 heteroatoms. The van der Waals surface area contributed by atoms with Gasteiger partial charge >= 0.3 is 12.6 Å². The van der Waals surface area contributed by atoms with Crippen molar-refractivity contribution >= 4 is 30.2 Å². The van der Waals surface area contributed by atoms with Crippen LogP contribution in [-0.2, 0) is 41.8 Å². The molecular formula is C18H16F4NO7PS. The number of nitrogens with zero attached hydrogens (tertiary/aromatic N) is 1. The fraction of sp³-hybridized carbons (Fsp3) is 0.444. The van der Waals surface area contributed by atoms with Crippen LogP contribution in [0, 0.1) is 0 Å². The number of amides is 1. The van der Waals surface area contributed by atoms with Gasteiger partial charge in [0.25, 0.3) is 6.43 Å². The molecule has 1 aromatic carbocycles. The lowest BCUT2D eigenvalue weighted by Gasteiger charge is -2.35. The van der Waals surface area contributed by atoms with Gasteiger partial charge in [-0.05, 0) is 12.1 Å². The van der Waals surface area contributed by atoms with Gasteiger partial charge in [-0.2, -0.15) is 8.78 Å². The Labute approximate surface area is 183 Å². The van der Waals surface area contributed by atoms with E-state index < -0.39 is 61.7 Å². The van der Waals surface area contributed by atoms with Gasteiger partial charge in [0.1, 0.15) is 5.75 Å². The number of aliphatic hydroxyl groups is 1. The zero-order chi connectivity index (χ0) is 23.3. The molecule has 1 unspecified atom stereocenters. The lowest BCUT2D eigenvalue weighted by Crippen LogP contribution is -2.57. The molecule has 1 saturated heterocycles. The zero-order valence-corrected chi connectivity index (χ0v) is 17.7. The van der Waals surface area contributed by atoms with Crippen LogP contribution in [0.1, 0.15) is 12.0 Å². The lowest BCUT2D eigenvalue weighted by molar-refractivity contribution is -0.243. The maximum atomic E-state index is 15.0. The highest BCUT2D eigenvalue weighted by Gasteiger charge is 2.74. The number of rotatable bonds is 5. The predicted octanol–water partition coefficient (Wildman–Crippen LogP) is 2.51. The summed E-state index contributed by atoms with van der Waals surface area (Å²) in [6.07, 6.45) is -7.88. The Hall–Kier alpha value is -1.89. The van der Waals surface area contributed by atoms with Crippen molar-refractivity contribution in [2.45, 2.75) is 43.3 Å². The van der Waals surface area contributed by atoms with Gasteiger partial charge < -0.3 is 14.4 Å². The summed E-state index contributed by atoms with van der Waals surface area (Å²) in [5.74, 6) is -5.91. The minimum atomic E-state index is -4.57. The second kappa shape index (κ2) is 8.15. The summed E-state index contributed by atoms with van der Waals surface area (Å²) in [6.45, 7) is -5.34. The van der Waals surface area contributed by atoms with Crippen LogP contribution in [0.2, 0.25) is 0 Å². The Kier molecular flexibility index (Phi) is 5.93. The third-order valence-corrected chi connectivity index (χ3v) is 7.36. The average molecular weight is 497 g/mol. The number of allylic oxidation sites excluding steroid dienone is 1. The first-order valence-electron chi connectivity index (χ1n) is 9.20. The van der Waals surface area contributed by atoms with Gasteiger partial charge in [-0.25, -0.2) is 8.78 Å². The Morgan fingerprint density at radius 3 is 2.72 bits per heavy atom. The highest BCUT2D eigenvalue weighted by Crippen LogP contribution is 2.57. The van der Waals surface area contributed by atoms with Crippen molar-refractivity contribution in [3.63, 3.8) is 0 Å². The molecule has 3 aliphatic rings. The summed E-state index contributed by atoms with van der Waals surface area (Å²) in [7, 11) is 0. The minimum absolute atomic E-state index is 0.0846. The number of carbonyl (C=O) groups is 2. The number of aliphatic hydroxyl groups excluding tert-OH is 1. The monoisotopic (exact) mass is 497 g/mol. The quantitative estimate of drug-likeness (QED) is 0.377. The van der Waals surface area contributed by atoms with Crippen LogP contribution in [0.15, 0.2) is 36.5 Å². The number of halogens is 4. The Morgan fingerprint density at radius 1 is 1.31 bits per heavy atom. The third kappa shape index (κ3) is 3.76. The van der Waals surface area contributed by atoms with Crippen LogP contribution in [0.25, 0.3) is 0 Å². The largest absolute Gasteiger partial charge is 0.424 e. The standard InChI is InChI=1S/C18H16F4NO7PS/c19-16(20)17(9-28-31(32)27-8-10-3-1-2-4-12(10)30-31)18(21,22)14(26)15(29-17)23-6-5-11(24)7-13(23)25/h1-6,14-16,26H,7-9H2/t14-,15+,17-,31?/m0/s1. The summed E-state index contributed by atoms with van der Waals surface area (Å²) in [6, 6.07) is 6.51. The molecule has 0 saturated carbocycles. The van der Waals surface area contributed by atoms with E-state index in [1.165, 1.54) is 6.07 Å². The first-order chi connectivity index (χ1) is 15.0. The van der Waals surface area contributed by atoms with Gasteiger partial charge in [0.15, 0.2) is 18.1 Å². The van der Waals surface area contributed by atoms with Crippen LogP contribution in [0.4, 0.5) is 17.6 Å². The third-order valence-electron chi connectivity index (χ3n) is 5.20. The highest BCUT2D eigenvalue weighted by molar-refractivity contribution is 8.07. The average Bonchev–Trinajstić information content (AvgIpc) is 2.93. The fourth-order valence-corrected chi connectivity index (χ4v) is 5.21. The molecule has 0 radical (unpaired) electrons. The van der Waals surface area contributed by atoms with Crippen LogP contribution in [0.3, 0.4) is 0 Å². The Morgan fingerprint density at radius 2 is 2.03 bits per heavy atom. The first-order valence-corrected chi connectivity index (χ1v) is 11.8. The van der Waals surface area contributed by atoms with E-state index in [4.69, 9.17) is 30.1 Å². The van der Waals surface area contributed by atoms with Crippen molar-refractivity contribution in [2.24, 2.45) is 0 Å². The molecule has 1 N–H and O–H groups in total. The number of carbonyl (C=O) groups excluding carboxylic acids is 2. The van der Waals surface area contributed by atoms with Crippen LogP contribution < -0.4 is 4.52 Å². The maximum absolute atomic E-state index is 15.0. The number of ketones is 1.